The molecule has 0 spiro atoms. The van der Waals surface area contributed by atoms with Gasteiger partial charge < -0.3 is 39.0 Å². The number of rotatable bonds is 7. The number of carbonyl (C=O) groups excluding carboxylic acids is 2. The van der Waals surface area contributed by atoms with Crippen LogP contribution in [0.25, 0.3) is 0 Å². The molecule has 7 atom stereocenters. The molecule has 0 bridgehead atoms. The summed E-state index contributed by atoms with van der Waals surface area (Å²) in [4.78, 5) is 32.2. The largest absolute Gasteiger partial charge is 0.498 e. The van der Waals surface area contributed by atoms with E-state index in [1.165, 1.54) is 14.2 Å². The van der Waals surface area contributed by atoms with Gasteiger partial charge in [0.25, 0.3) is 0 Å². The van der Waals surface area contributed by atoms with Crippen LogP contribution in [0, 0.1) is 17.8 Å². The lowest BCUT2D eigenvalue weighted by molar-refractivity contribution is -0.141. The maximum absolute atomic E-state index is 13.9. The number of hydrogen-bond acceptors (Lipinski definition) is 10. The van der Waals surface area contributed by atoms with E-state index in [9.17, 15) is 14.7 Å². The number of benzene rings is 1. The molecule has 2 N–H and O–H groups in total. The minimum Gasteiger partial charge on any atom is -0.498 e. The number of ether oxygens (including phenoxy) is 5. The molecule has 1 aromatic rings. The number of aliphatic hydroxyl groups excluding tert-OH is 1. The van der Waals surface area contributed by atoms with Crippen molar-refractivity contribution < 1.29 is 38.4 Å². The fourth-order valence-electron chi connectivity index (χ4n) is 7.50. The number of fused-ring (bicyclic) bond motifs is 3. The van der Waals surface area contributed by atoms with Gasteiger partial charge in [0.1, 0.15) is 18.0 Å². The maximum Gasteiger partial charge on any atom is 0.310 e. The van der Waals surface area contributed by atoms with Crippen molar-refractivity contribution in [3.63, 3.8) is 0 Å². The molecule has 3 aliphatic heterocycles. The van der Waals surface area contributed by atoms with Crippen LogP contribution in [0.1, 0.15) is 23.1 Å². The molecule has 0 aromatic heterocycles. The Labute approximate surface area is 268 Å². The summed E-state index contributed by atoms with van der Waals surface area (Å²) in [7, 11) is 5.16. The number of carbonyl (C=O) groups is 2. The zero-order valence-corrected chi connectivity index (χ0v) is 26.4. The molecule has 0 saturated carbocycles. The molecule has 2 fully saturated rings. The molecular weight excluding hydrogens is 590 g/mol. The molecule has 11 heteroatoms. The Morgan fingerprint density at radius 1 is 1.07 bits per heavy atom. The van der Waals surface area contributed by atoms with E-state index in [0.717, 1.165) is 55.0 Å². The normalized spacial score (nSPS) is 32.0. The number of amides is 1. The van der Waals surface area contributed by atoms with Gasteiger partial charge in [-0.2, -0.15) is 0 Å². The van der Waals surface area contributed by atoms with E-state index in [0.29, 0.717) is 17.3 Å². The third-order valence-electron chi connectivity index (χ3n) is 10.1. The number of aliphatic hydroxyl groups is 1. The first kappa shape index (κ1) is 30.7. The number of nitrogens with zero attached hydrogens (tertiary/aromatic N) is 2. The molecule has 244 valence electrons. The number of likely N-dealkylation sites (N-methyl/N-ethyl adjacent to an activating group) is 1. The summed E-state index contributed by atoms with van der Waals surface area (Å²) in [5.74, 6) is -0.859. The molecule has 6 aliphatic rings. The zero-order valence-electron chi connectivity index (χ0n) is 26.4. The second-order valence-corrected chi connectivity index (χ2v) is 12.8. The summed E-state index contributed by atoms with van der Waals surface area (Å²) >= 11 is 0. The average Bonchev–Trinajstić information content (AvgIpc) is 3.60. The Kier molecular flexibility index (Phi) is 8.50. The van der Waals surface area contributed by atoms with E-state index in [4.69, 9.17) is 23.7 Å². The predicted octanol–water partition coefficient (Wildman–Crippen LogP) is 2.22. The Morgan fingerprint density at radius 3 is 2.57 bits per heavy atom. The van der Waals surface area contributed by atoms with Crippen molar-refractivity contribution in [2.24, 2.45) is 17.8 Å². The van der Waals surface area contributed by atoms with Crippen LogP contribution in [0.15, 0.2) is 71.6 Å². The van der Waals surface area contributed by atoms with Gasteiger partial charge in [0.2, 0.25) is 12.7 Å². The highest BCUT2D eigenvalue weighted by atomic mass is 16.7. The van der Waals surface area contributed by atoms with E-state index in [-0.39, 0.29) is 31.2 Å². The Morgan fingerprint density at radius 2 is 1.83 bits per heavy atom. The highest BCUT2D eigenvalue weighted by Gasteiger charge is 2.53. The minimum absolute atomic E-state index is 0.0876. The highest BCUT2D eigenvalue weighted by Crippen LogP contribution is 2.55. The third kappa shape index (κ3) is 5.66. The number of allylic oxidation sites excluding steroid dienone is 4. The number of piperazine rings is 1. The van der Waals surface area contributed by atoms with Crippen molar-refractivity contribution in [1.29, 1.82) is 0 Å². The summed E-state index contributed by atoms with van der Waals surface area (Å²) in [6.07, 6.45) is 11.9. The van der Waals surface area contributed by atoms with Gasteiger partial charge >= 0.3 is 5.97 Å². The predicted molar refractivity (Wildman–Crippen MR) is 168 cm³/mol. The third-order valence-corrected chi connectivity index (χ3v) is 10.1. The molecule has 7 rings (SSSR count). The van der Waals surface area contributed by atoms with E-state index in [1.54, 1.807) is 6.08 Å². The van der Waals surface area contributed by atoms with Crippen molar-refractivity contribution in [1.82, 2.24) is 15.1 Å². The summed E-state index contributed by atoms with van der Waals surface area (Å²) < 4.78 is 28.3. The van der Waals surface area contributed by atoms with Gasteiger partial charge in [-0.3, -0.25) is 14.5 Å². The molecule has 11 nitrogen and oxygen atoms in total. The molecule has 3 unspecified atom stereocenters. The quantitative estimate of drug-likeness (QED) is 0.434. The van der Waals surface area contributed by atoms with Crippen LogP contribution in [0.5, 0.6) is 11.5 Å². The number of hydrogen-bond donors (Lipinski definition) is 2. The van der Waals surface area contributed by atoms with Crippen LogP contribution in [0.3, 0.4) is 0 Å². The first-order valence-electron chi connectivity index (χ1n) is 15.9. The van der Waals surface area contributed by atoms with E-state index in [2.05, 4.69) is 28.2 Å². The Balaban J connectivity index is 1.19. The van der Waals surface area contributed by atoms with Gasteiger partial charge in [-0.1, -0.05) is 30.4 Å². The van der Waals surface area contributed by atoms with Crippen molar-refractivity contribution in [2.45, 2.75) is 24.2 Å². The summed E-state index contributed by atoms with van der Waals surface area (Å²) in [6, 6.07) is 3.30. The molecule has 0 radical (unpaired) electrons. The zero-order chi connectivity index (χ0) is 31.9. The van der Waals surface area contributed by atoms with Crippen molar-refractivity contribution in [3.8, 4) is 11.5 Å². The van der Waals surface area contributed by atoms with E-state index >= 15 is 0 Å². The fourth-order valence-corrected chi connectivity index (χ4v) is 7.50. The maximum atomic E-state index is 13.9. The molecule has 3 heterocycles. The van der Waals surface area contributed by atoms with Crippen LogP contribution in [0.2, 0.25) is 0 Å². The van der Waals surface area contributed by atoms with E-state index < -0.39 is 36.0 Å². The van der Waals surface area contributed by atoms with Crippen molar-refractivity contribution in [2.75, 3.05) is 67.4 Å². The monoisotopic (exact) mass is 631 g/mol. The Bertz CT molecular complexity index is 1540. The van der Waals surface area contributed by atoms with Crippen LogP contribution in [-0.4, -0.2) is 106 Å². The average molecular weight is 632 g/mol. The lowest BCUT2D eigenvalue weighted by atomic mass is 9.64. The van der Waals surface area contributed by atoms with Crippen molar-refractivity contribution in [3.05, 3.63) is 82.7 Å². The lowest BCUT2D eigenvalue weighted by Gasteiger charge is -2.41. The topological polar surface area (TPSA) is 119 Å². The first-order chi connectivity index (χ1) is 22.3. The van der Waals surface area contributed by atoms with Gasteiger partial charge in [0.15, 0.2) is 11.5 Å². The van der Waals surface area contributed by atoms with Gasteiger partial charge in [-0.05, 0) is 53.6 Å². The molecule has 3 aliphatic carbocycles. The lowest BCUT2D eigenvalue weighted by Crippen LogP contribution is -2.45. The highest BCUT2D eigenvalue weighted by molar-refractivity contribution is 5.84. The van der Waals surface area contributed by atoms with Gasteiger partial charge in [-0.15, -0.1) is 0 Å². The van der Waals surface area contributed by atoms with Crippen LogP contribution >= 0.6 is 0 Å². The smallest absolute Gasteiger partial charge is 0.310 e. The molecule has 1 amide bonds. The fraction of sp³-hybridized carbons (Fsp3) is 0.486. The van der Waals surface area contributed by atoms with Crippen LogP contribution < -0.4 is 14.8 Å². The molecular formula is C35H41N3O8. The standard InChI is InChI=1S/C35H41N3O8/c1-37-9-11-38(12-10-37)17-20-5-4-6-21(8-7-20)34(40)36-32-24-16-27-26(45-19-46-27)15-23(24)30(31-25(32)18-44-35(31)41)22-13-28(42-2)33(39)29(14-22)43-3/h4-8,13-16,21,25,28,30-33,39H,9-12,17-19H2,1-3H3,(H,36,40)/t21?,25-,28?,30?,31-,32+,33-/m0/s1. The summed E-state index contributed by atoms with van der Waals surface area (Å²) in [6.45, 7) is 5.23. The van der Waals surface area contributed by atoms with Crippen LogP contribution in [-0.2, 0) is 23.8 Å². The summed E-state index contributed by atoms with van der Waals surface area (Å²) in [5, 5.41) is 14.0. The van der Waals surface area contributed by atoms with Gasteiger partial charge in [0, 0.05) is 51.7 Å². The second-order valence-electron chi connectivity index (χ2n) is 12.8. The number of methoxy groups -OCH3 is 2. The Hall–Kier alpha value is -3.90. The first-order valence-corrected chi connectivity index (χ1v) is 15.9. The van der Waals surface area contributed by atoms with Gasteiger partial charge in [0.05, 0.1) is 31.6 Å². The molecule has 46 heavy (non-hydrogen) atoms. The SMILES string of the molecule is COC1=CC(C2c3cc4c(cc3[C@@H](NC(=O)C3C=CC=C(CN5CCN(C)CC5)C=C3)[C@H]3COC(=O)[C@H]23)OCO4)=CC(OC)[C@@H]1O. The summed E-state index contributed by atoms with van der Waals surface area (Å²) in [5.41, 5.74) is 3.59. The number of nitrogens with one attached hydrogen (secondary N) is 1. The number of cyclic esters (lactones) is 1. The van der Waals surface area contributed by atoms with Crippen LogP contribution in [0.4, 0.5) is 0 Å². The molecule has 1 aromatic carbocycles. The molecule has 2 saturated heterocycles. The van der Waals surface area contributed by atoms with Gasteiger partial charge in [-0.25, -0.2) is 0 Å². The number of esters is 1. The second kappa shape index (κ2) is 12.7. The minimum atomic E-state index is -0.978. The van der Waals surface area contributed by atoms with Crippen molar-refractivity contribution >= 4 is 11.9 Å². The van der Waals surface area contributed by atoms with E-state index in [1.807, 2.05) is 42.5 Å².